The van der Waals surface area contributed by atoms with Crippen LogP contribution in [0.2, 0.25) is 0 Å². The molecule has 116 valence electrons. The summed E-state index contributed by atoms with van der Waals surface area (Å²) in [5, 5.41) is 9.77. The topological polar surface area (TPSA) is 53.0 Å². The van der Waals surface area contributed by atoms with Gasteiger partial charge in [0.2, 0.25) is 0 Å². The summed E-state index contributed by atoms with van der Waals surface area (Å²) in [7, 11) is 3.41. The van der Waals surface area contributed by atoms with Gasteiger partial charge in [-0.15, -0.1) is 0 Å². The maximum atomic E-state index is 14.3. The number of hydrogen-bond acceptors (Lipinski definition) is 4. The van der Waals surface area contributed by atoms with Gasteiger partial charge in [-0.2, -0.15) is 0 Å². The molecule has 1 aromatic rings. The van der Waals surface area contributed by atoms with Crippen LogP contribution in [0, 0.1) is 5.82 Å². The molecule has 0 aliphatic carbocycles. The molecular formula is C15H21FN2O3. The summed E-state index contributed by atoms with van der Waals surface area (Å²) in [6.07, 6.45) is 0. The van der Waals surface area contributed by atoms with Crippen molar-refractivity contribution in [3.8, 4) is 5.75 Å². The van der Waals surface area contributed by atoms with Gasteiger partial charge in [0, 0.05) is 26.2 Å². The number of halogens is 1. The van der Waals surface area contributed by atoms with Crippen LogP contribution >= 0.6 is 0 Å². The van der Waals surface area contributed by atoms with Gasteiger partial charge in [0.15, 0.2) is 0 Å². The predicted molar refractivity (Wildman–Crippen MR) is 77.0 cm³/mol. The molecule has 1 unspecified atom stereocenters. The van der Waals surface area contributed by atoms with E-state index >= 15 is 0 Å². The van der Waals surface area contributed by atoms with E-state index in [0.29, 0.717) is 13.1 Å². The molecule has 2 rings (SSSR count). The van der Waals surface area contributed by atoms with Gasteiger partial charge in [-0.3, -0.25) is 4.90 Å². The van der Waals surface area contributed by atoms with Crippen molar-refractivity contribution in [3.63, 3.8) is 0 Å². The zero-order valence-electron chi connectivity index (χ0n) is 12.6. The average molecular weight is 296 g/mol. The largest absolute Gasteiger partial charge is 0.496 e. The summed E-state index contributed by atoms with van der Waals surface area (Å²) in [4.78, 5) is 15.9. The fourth-order valence-corrected chi connectivity index (χ4v) is 2.80. The monoisotopic (exact) mass is 296 g/mol. The van der Waals surface area contributed by atoms with E-state index in [1.54, 1.807) is 17.9 Å². The molecular weight excluding hydrogens is 275 g/mol. The molecule has 0 spiro atoms. The fourth-order valence-electron chi connectivity index (χ4n) is 2.80. The summed E-state index contributed by atoms with van der Waals surface area (Å²) in [6, 6.07) is 4.38. The van der Waals surface area contributed by atoms with Crippen LogP contribution in [0.1, 0.15) is 12.5 Å². The van der Waals surface area contributed by atoms with Gasteiger partial charge in [-0.05, 0) is 26.1 Å². The van der Waals surface area contributed by atoms with Gasteiger partial charge in [0.25, 0.3) is 0 Å². The number of likely N-dealkylation sites (N-methyl/N-ethyl adjacent to an activating group) is 1. The van der Waals surface area contributed by atoms with Gasteiger partial charge < -0.3 is 14.7 Å². The molecule has 0 radical (unpaired) electrons. The number of carbonyl (C=O) groups is 1. The van der Waals surface area contributed by atoms with E-state index in [1.807, 2.05) is 7.05 Å². The van der Waals surface area contributed by atoms with E-state index in [0.717, 1.165) is 13.1 Å². The van der Waals surface area contributed by atoms with E-state index < -0.39 is 17.3 Å². The Morgan fingerprint density at radius 3 is 2.48 bits per heavy atom. The molecule has 0 amide bonds. The highest BCUT2D eigenvalue weighted by Gasteiger charge is 2.46. The number of methoxy groups -OCH3 is 1. The second-order valence-corrected chi connectivity index (χ2v) is 5.48. The first-order chi connectivity index (χ1) is 9.91. The lowest BCUT2D eigenvalue weighted by Crippen LogP contribution is -2.57. The molecule has 0 aromatic heterocycles. The highest BCUT2D eigenvalue weighted by molar-refractivity contribution is 5.81. The molecule has 1 atom stereocenters. The molecule has 1 saturated heterocycles. The van der Waals surface area contributed by atoms with E-state index in [2.05, 4.69) is 4.90 Å². The SMILES string of the molecule is COc1cccc(F)c1C(C)(C(=O)O)N1CCN(C)CC1. The first kappa shape index (κ1) is 15.7. The lowest BCUT2D eigenvalue weighted by atomic mass is 9.88. The molecule has 21 heavy (non-hydrogen) atoms. The van der Waals surface area contributed by atoms with Crippen molar-refractivity contribution in [3.05, 3.63) is 29.6 Å². The van der Waals surface area contributed by atoms with Crippen LogP contribution in [0.25, 0.3) is 0 Å². The van der Waals surface area contributed by atoms with Crippen LogP contribution in [-0.4, -0.2) is 61.2 Å². The molecule has 1 aliphatic heterocycles. The second kappa shape index (κ2) is 5.99. The second-order valence-electron chi connectivity index (χ2n) is 5.48. The molecule has 0 bridgehead atoms. The van der Waals surface area contributed by atoms with Crippen molar-refractivity contribution in [2.24, 2.45) is 0 Å². The third kappa shape index (κ3) is 2.73. The number of carboxylic acids is 1. The number of carboxylic acid groups (broad SMARTS) is 1. The van der Waals surface area contributed by atoms with Crippen molar-refractivity contribution in [1.82, 2.24) is 9.80 Å². The minimum atomic E-state index is -1.45. The Morgan fingerprint density at radius 1 is 1.33 bits per heavy atom. The van der Waals surface area contributed by atoms with Gasteiger partial charge in [-0.25, -0.2) is 9.18 Å². The smallest absolute Gasteiger partial charge is 0.328 e. The summed E-state index contributed by atoms with van der Waals surface area (Å²) >= 11 is 0. The van der Waals surface area contributed by atoms with Crippen molar-refractivity contribution in [2.45, 2.75) is 12.5 Å². The Balaban J connectivity index is 2.50. The molecule has 1 heterocycles. The van der Waals surface area contributed by atoms with Gasteiger partial charge >= 0.3 is 5.97 Å². The number of piperazine rings is 1. The van der Waals surface area contributed by atoms with E-state index in [9.17, 15) is 14.3 Å². The molecule has 1 N–H and O–H groups in total. The molecule has 1 fully saturated rings. The van der Waals surface area contributed by atoms with Gasteiger partial charge in [-0.1, -0.05) is 6.07 Å². The van der Waals surface area contributed by atoms with Crippen molar-refractivity contribution in [1.29, 1.82) is 0 Å². The number of benzene rings is 1. The minimum absolute atomic E-state index is 0.0875. The molecule has 1 aliphatic rings. The lowest BCUT2D eigenvalue weighted by Gasteiger charge is -2.43. The summed E-state index contributed by atoms with van der Waals surface area (Å²) in [5.74, 6) is -1.37. The summed E-state index contributed by atoms with van der Waals surface area (Å²) in [5.41, 5.74) is -1.36. The van der Waals surface area contributed by atoms with Crippen molar-refractivity contribution >= 4 is 5.97 Å². The number of nitrogens with zero attached hydrogens (tertiary/aromatic N) is 2. The van der Waals surface area contributed by atoms with Gasteiger partial charge in [0.05, 0.1) is 12.7 Å². The number of aliphatic carboxylic acids is 1. The van der Waals surface area contributed by atoms with Crippen molar-refractivity contribution < 1.29 is 19.0 Å². The Bertz CT molecular complexity index is 530. The number of hydrogen-bond donors (Lipinski definition) is 1. The molecule has 5 nitrogen and oxygen atoms in total. The van der Waals surface area contributed by atoms with E-state index in [-0.39, 0.29) is 11.3 Å². The van der Waals surface area contributed by atoms with Gasteiger partial charge in [0.1, 0.15) is 17.1 Å². The molecule has 6 heteroatoms. The number of rotatable bonds is 4. The normalized spacial score (nSPS) is 20.0. The van der Waals surface area contributed by atoms with E-state index in [1.165, 1.54) is 19.2 Å². The Kier molecular flexibility index (Phi) is 4.49. The minimum Gasteiger partial charge on any atom is -0.496 e. The summed E-state index contributed by atoms with van der Waals surface area (Å²) < 4.78 is 19.5. The van der Waals surface area contributed by atoms with Crippen LogP contribution in [0.3, 0.4) is 0 Å². The van der Waals surface area contributed by atoms with Crippen LogP contribution in [0.15, 0.2) is 18.2 Å². The maximum absolute atomic E-state index is 14.3. The quantitative estimate of drug-likeness (QED) is 0.910. The Labute approximate surface area is 123 Å². The Hall–Kier alpha value is -1.66. The zero-order chi connectivity index (χ0) is 15.6. The van der Waals surface area contributed by atoms with E-state index in [4.69, 9.17) is 4.74 Å². The van der Waals surface area contributed by atoms with Crippen molar-refractivity contribution in [2.75, 3.05) is 40.3 Å². The van der Waals surface area contributed by atoms with Crippen LogP contribution in [0.4, 0.5) is 4.39 Å². The van der Waals surface area contributed by atoms with Crippen LogP contribution < -0.4 is 4.74 Å². The third-order valence-corrected chi connectivity index (χ3v) is 4.23. The number of ether oxygens (including phenoxy) is 1. The molecule has 0 saturated carbocycles. The maximum Gasteiger partial charge on any atom is 0.328 e. The first-order valence-electron chi connectivity index (χ1n) is 6.91. The van der Waals surface area contributed by atoms with Crippen LogP contribution in [0.5, 0.6) is 5.75 Å². The lowest BCUT2D eigenvalue weighted by molar-refractivity contribution is -0.153. The molecule has 1 aromatic carbocycles. The predicted octanol–water partition coefficient (Wildman–Crippen LogP) is 1.38. The third-order valence-electron chi connectivity index (χ3n) is 4.23. The van der Waals surface area contributed by atoms with Crippen LogP contribution in [-0.2, 0) is 10.3 Å². The standard InChI is InChI=1S/C15H21FN2O3/c1-15(14(19)20,18-9-7-17(2)8-10-18)13-11(16)5-4-6-12(13)21-3/h4-6H,7-10H2,1-3H3,(H,19,20). The fraction of sp³-hybridized carbons (Fsp3) is 0.533. The average Bonchev–Trinajstić information content (AvgIpc) is 2.46. The Morgan fingerprint density at radius 2 is 1.95 bits per heavy atom. The highest BCUT2D eigenvalue weighted by Crippen LogP contribution is 2.37. The highest BCUT2D eigenvalue weighted by atomic mass is 19.1. The summed E-state index contributed by atoms with van der Waals surface area (Å²) in [6.45, 7) is 4.18. The zero-order valence-corrected chi connectivity index (χ0v) is 12.6. The first-order valence-corrected chi connectivity index (χ1v) is 6.91.